The van der Waals surface area contributed by atoms with Crippen molar-refractivity contribution in [1.29, 1.82) is 0 Å². The van der Waals surface area contributed by atoms with Crippen LogP contribution >= 0.6 is 11.3 Å². The van der Waals surface area contributed by atoms with Crippen LogP contribution in [-0.2, 0) is 27.8 Å². The molecule has 7 nitrogen and oxygen atoms in total. The molecule has 1 aromatic heterocycles. The Balaban J connectivity index is 1.61. The number of nitrogens with one attached hydrogen (secondary N) is 1. The van der Waals surface area contributed by atoms with Crippen molar-refractivity contribution in [3.05, 3.63) is 39.8 Å². The average molecular weight is 398 g/mol. The van der Waals surface area contributed by atoms with Gasteiger partial charge in [-0.25, -0.2) is 18.1 Å². The van der Waals surface area contributed by atoms with Gasteiger partial charge in [0.2, 0.25) is 10.0 Å². The molecule has 26 heavy (non-hydrogen) atoms. The monoisotopic (exact) mass is 397 g/mol. The summed E-state index contributed by atoms with van der Waals surface area (Å²) in [6, 6.07) is 4.91. The number of benzene rings is 1. The summed E-state index contributed by atoms with van der Waals surface area (Å²) in [5.41, 5.74) is 1.61. The number of sulfonamides is 1. The Morgan fingerprint density at radius 3 is 2.81 bits per heavy atom. The second kappa shape index (κ2) is 8.45. The van der Waals surface area contributed by atoms with Crippen LogP contribution in [0.1, 0.15) is 16.3 Å². The number of hydrogen-bond donors (Lipinski definition) is 1. The van der Waals surface area contributed by atoms with E-state index in [4.69, 9.17) is 9.47 Å². The van der Waals surface area contributed by atoms with Gasteiger partial charge in [0.05, 0.1) is 37.5 Å². The maximum Gasteiger partial charge on any atom is 0.241 e. The summed E-state index contributed by atoms with van der Waals surface area (Å²) >= 11 is 1.47. The number of aryl methyl sites for hydroxylation is 1. The molecular weight excluding hydrogens is 374 g/mol. The average Bonchev–Trinajstić information content (AvgIpc) is 3.08. The fraction of sp³-hybridized carbons (Fsp3) is 0.471. The van der Waals surface area contributed by atoms with Crippen LogP contribution in [-0.4, -0.2) is 51.7 Å². The van der Waals surface area contributed by atoms with Crippen LogP contribution in [0.5, 0.6) is 5.75 Å². The summed E-state index contributed by atoms with van der Waals surface area (Å²) in [6.45, 7) is 6.00. The topological polar surface area (TPSA) is 80.8 Å². The SMILES string of the molecule is COc1ccc(S(=O)(=O)NCc2nc(CN3CCOCC3)cs2)c(C)c1. The zero-order valence-electron chi connectivity index (χ0n) is 14.9. The first-order valence-corrected chi connectivity index (χ1v) is 10.7. The van der Waals surface area contributed by atoms with Crippen molar-refractivity contribution in [3.63, 3.8) is 0 Å². The summed E-state index contributed by atoms with van der Waals surface area (Å²) in [4.78, 5) is 7.08. The maximum atomic E-state index is 12.6. The van der Waals surface area contributed by atoms with E-state index >= 15 is 0 Å². The number of methoxy groups -OCH3 is 1. The lowest BCUT2D eigenvalue weighted by Crippen LogP contribution is -2.35. The Morgan fingerprint density at radius 2 is 2.12 bits per heavy atom. The number of nitrogens with zero attached hydrogens (tertiary/aromatic N) is 2. The normalized spacial score (nSPS) is 15.9. The fourth-order valence-electron chi connectivity index (χ4n) is 2.78. The van der Waals surface area contributed by atoms with Crippen molar-refractivity contribution in [2.45, 2.75) is 24.9 Å². The lowest BCUT2D eigenvalue weighted by molar-refractivity contribution is 0.0337. The van der Waals surface area contributed by atoms with Crippen LogP contribution in [0.2, 0.25) is 0 Å². The minimum atomic E-state index is -3.60. The highest BCUT2D eigenvalue weighted by atomic mass is 32.2. The molecule has 0 bridgehead atoms. The second-order valence-corrected chi connectivity index (χ2v) is 8.76. The summed E-state index contributed by atoms with van der Waals surface area (Å²) in [6.07, 6.45) is 0. The third-order valence-electron chi connectivity index (χ3n) is 4.17. The molecule has 142 valence electrons. The van der Waals surface area contributed by atoms with E-state index in [1.54, 1.807) is 32.2 Å². The van der Waals surface area contributed by atoms with E-state index in [1.165, 1.54) is 11.3 Å². The van der Waals surface area contributed by atoms with E-state index in [-0.39, 0.29) is 11.4 Å². The number of hydrogen-bond acceptors (Lipinski definition) is 7. The largest absolute Gasteiger partial charge is 0.497 e. The van der Waals surface area contributed by atoms with Gasteiger partial charge in [-0.3, -0.25) is 4.90 Å². The van der Waals surface area contributed by atoms with E-state index in [0.29, 0.717) is 11.3 Å². The van der Waals surface area contributed by atoms with E-state index in [1.807, 2.05) is 5.38 Å². The summed E-state index contributed by atoms with van der Waals surface area (Å²) in [5.74, 6) is 0.633. The molecular formula is C17H23N3O4S2. The van der Waals surface area contributed by atoms with Crippen LogP contribution in [0.3, 0.4) is 0 Å². The Hall–Kier alpha value is -1.52. The zero-order chi connectivity index (χ0) is 18.6. The van der Waals surface area contributed by atoms with Crippen LogP contribution in [0.4, 0.5) is 0 Å². The first kappa shape index (κ1) is 19.2. The van der Waals surface area contributed by atoms with Crippen LogP contribution < -0.4 is 9.46 Å². The highest BCUT2D eigenvalue weighted by Gasteiger charge is 2.18. The van der Waals surface area contributed by atoms with E-state index in [9.17, 15) is 8.42 Å². The molecule has 0 unspecified atom stereocenters. The molecule has 9 heteroatoms. The highest BCUT2D eigenvalue weighted by molar-refractivity contribution is 7.89. The lowest BCUT2D eigenvalue weighted by Gasteiger charge is -2.25. The predicted octanol–water partition coefficient (Wildman–Crippen LogP) is 1.77. The molecule has 0 aliphatic carbocycles. The third kappa shape index (κ3) is 4.80. The number of thiazole rings is 1. The molecule has 1 aliphatic rings. The highest BCUT2D eigenvalue weighted by Crippen LogP contribution is 2.21. The Labute approximate surface area is 158 Å². The fourth-order valence-corrected chi connectivity index (χ4v) is 4.80. The van der Waals surface area contributed by atoms with Crippen molar-refractivity contribution in [1.82, 2.24) is 14.6 Å². The van der Waals surface area contributed by atoms with E-state index in [2.05, 4.69) is 14.6 Å². The Kier molecular flexibility index (Phi) is 6.25. The van der Waals surface area contributed by atoms with Crippen molar-refractivity contribution in [3.8, 4) is 5.75 Å². The van der Waals surface area contributed by atoms with Gasteiger partial charge < -0.3 is 9.47 Å². The van der Waals surface area contributed by atoms with E-state index < -0.39 is 10.0 Å². The number of morpholine rings is 1. The molecule has 0 radical (unpaired) electrons. The zero-order valence-corrected chi connectivity index (χ0v) is 16.5. The number of rotatable bonds is 7. The van der Waals surface area contributed by atoms with Crippen molar-refractivity contribution in [2.75, 3.05) is 33.4 Å². The van der Waals surface area contributed by atoms with Gasteiger partial charge in [0, 0.05) is 25.0 Å². The second-order valence-electron chi connectivity index (χ2n) is 6.08. The molecule has 0 spiro atoms. The first-order valence-electron chi connectivity index (χ1n) is 8.35. The molecule has 1 aromatic carbocycles. The molecule has 3 rings (SSSR count). The predicted molar refractivity (Wildman–Crippen MR) is 100.0 cm³/mol. The molecule has 1 aliphatic heterocycles. The number of aromatic nitrogens is 1. The summed E-state index contributed by atoms with van der Waals surface area (Å²) in [5, 5.41) is 2.74. The minimum Gasteiger partial charge on any atom is -0.497 e. The summed E-state index contributed by atoms with van der Waals surface area (Å²) < 4.78 is 38.2. The molecule has 1 fully saturated rings. The van der Waals surface area contributed by atoms with Gasteiger partial charge in [-0.1, -0.05) is 0 Å². The van der Waals surface area contributed by atoms with Gasteiger partial charge in [-0.15, -0.1) is 11.3 Å². The van der Waals surface area contributed by atoms with Gasteiger partial charge >= 0.3 is 0 Å². The van der Waals surface area contributed by atoms with Crippen LogP contribution in [0.25, 0.3) is 0 Å². The minimum absolute atomic E-state index is 0.182. The third-order valence-corrected chi connectivity index (χ3v) is 6.63. The van der Waals surface area contributed by atoms with Gasteiger partial charge in [0.15, 0.2) is 0 Å². The molecule has 0 atom stereocenters. The van der Waals surface area contributed by atoms with Gasteiger partial charge in [0.1, 0.15) is 10.8 Å². The quantitative estimate of drug-likeness (QED) is 0.767. The lowest BCUT2D eigenvalue weighted by atomic mass is 10.2. The van der Waals surface area contributed by atoms with Gasteiger partial charge in [-0.05, 0) is 30.7 Å². The molecule has 1 N–H and O–H groups in total. The number of ether oxygens (including phenoxy) is 2. The molecule has 0 amide bonds. The molecule has 2 aromatic rings. The van der Waals surface area contributed by atoms with Gasteiger partial charge in [-0.2, -0.15) is 0 Å². The molecule has 1 saturated heterocycles. The maximum absolute atomic E-state index is 12.6. The Bertz CT molecular complexity index is 845. The molecule has 2 heterocycles. The van der Waals surface area contributed by atoms with Crippen LogP contribution in [0, 0.1) is 6.92 Å². The standard InChI is InChI=1S/C17H23N3O4S2/c1-13-9-15(23-2)3-4-16(13)26(21,22)18-10-17-19-14(12-25-17)11-20-5-7-24-8-6-20/h3-4,9,12,18H,5-8,10-11H2,1-2H3. The van der Waals surface area contributed by atoms with Crippen molar-refractivity contribution < 1.29 is 17.9 Å². The van der Waals surface area contributed by atoms with Crippen LogP contribution in [0.15, 0.2) is 28.5 Å². The van der Waals surface area contributed by atoms with Gasteiger partial charge in [0.25, 0.3) is 0 Å². The smallest absolute Gasteiger partial charge is 0.241 e. The van der Waals surface area contributed by atoms with Crippen molar-refractivity contribution >= 4 is 21.4 Å². The van der Waals surface area contributed by atoms with Crippen molar-refractivity contribution in [2.24, 2.45) is 0 Å². The Morgan fingerprint density at radius 1 is 1.35 bits per heavy atom. The van der Waals surface area contributed by atoms with E-state index in [0.717, 1.165) is 43.5 Å². The molecule has 0 saturated carbocycles. The summed E-state index contributed by atoms with van der Waals surface area (Å²) in [7, 11) is -2.04. The first-order chi connectivity index (χ1) is 12.5.